The zero-order valence-corrected chi connectivity index (χ0v) is 16.8. The van der Waals surface area contributed by atoms with E-state index in [9.17, 15) is 13.2 Å². The van der Waals surface area contributed by atoms with Crippen molar-refractivity contribution in [2.45, 2.75) is 48.2 Å². The Morgan fingerprint density at radius 3 is 2.79 bits per heavy atom. The van der Waals surface area contributed by atoms with Crippen LogP contribution in [0.15, 0.2) is 41.7 Å². The fourth-order valence-corrected chi connectivity index (χ4v) is 5.42. The van der Waals surface area contributed by atoms with E-state index < -0.39 is 15.8 Å². The maximum absolute atomic E-state index is 13.1. The van der Waals surface area contributed by atoms with Crippen molar-refractivity contribution in [3.63, 3.8) is 0 Å². The van der Waals surface area contributed by atoms with Gasteiger partial charge in [-0.2, -0.15) is 0 Å². The van der Waals surface area contributed by atoms with E-state index >= 15 is 0 Å². The molecule has 1 aliphatic carbocycles. The van der Waals surface area contributed by atoms with Crippen LogP contribution in [0.5, 0.6) is 0 Å². The monoisotopic (exact) mass is 421 g/mol. The van der Waals surface area contributed by atoms with Crippen molar-refractivity contribution in [1.29, 1.82) is 0 Å². The Bertz CT molecular complexity index is 1000. The van der Waals surface area contributed by atoms with E-state index in [-0.39, 0.29) is 21.4 Å². The molecule has 148 valence electrons. The fraction of sp³-hybridized carbons (Fsp3) is 0.421. The first kappa shape index (κ1) is 19.3. The molecule has 3 aliphatic rings. The summed E-state index contributed by atoms with van der Waals surface area (Å²) in [5.41, 5.74) is 0.351. The Balaban J connectivity index is 1.64. The predicted molar refractivity (Wildman–Crippen MR) is 104 cm³/mol. The molecular formula is C19H20ClN3O4S. The molecule has 2 bridgehead atoms. The number of rotatable bonds is 6. The maximum atomic E-state index is 13.1. The Labute approximate surface area is 168 Å². The Hall–Kier alpha value is -2.03. The van der Waals surface area contributed by atoms with E-state index in [2.05, 4.69) is 15.3 Å². The number of benzene rings is 1. The lowest BCUT2D eigenvalue weighted by Crippen LogP contribution is -2.44. The van der Waals surface area contributed by atoms with Gasteiger partial charge in [0, 0.05) is 25.1 Å². The summed E-state index contributed by atoms with van der Waals surface area (Å²) in [7, 11) is -3.45. The summed E-state index contributed by atoms with van der Waals surface area (Å²) in [5.74, 6) is -0.447. The first-order valence-corrected chi connectivity index (χ1v) is 11.3. The molecule has 3 atom stereocenters. The highest BCUT2D eigenvalue weighted by Gasteiger charge is 2.53. The molecule has 1 aromatic heterocycles. The maximum Gasteiger partial charge on any atom is 0.233 e. The molecule has 0 radical (unpaired) electrons. The molecule has 0 spiro atoms. The van der Waals surface area contributed by atoms with Gasteiger partial charge in [-0.15, -0.1) is 0 Å². The molecule has 1 aromatic carbocycles. The molecule has 2 aliphatic heterocycles. The Morgan fingerprint density at radius 2 is 2.21 bits per heavy atom. The summed E-state index contributed by atoms with van der Waals surface area (Å²) >= 11 is 6.22. The minimum Gasteiger partial charge on any atom is -0.372 e. The fourth-order valence-electron chi connectivity index (χ4n) is 4.08. The molecule has 1 saturated carbocycles. The van der Waals surface area contributed by atoms with Crippen molar-refractivity contribution >= 4 is 33.2 Å². The van der Waals surface area contributed by atoms with E-state index in [1.807, 2.05) is 0 Å². The number of nitrogens with one attached hydrogen (secondary N) is 1. The molecule has 3 heterocycles. The quantitative estimate of drug-likeness (QED) is 0.769. The Kier molecular flexibility index (Phi) is 4.89. The number of halogens is 1. The van der Waals surface area contributed by atoms with Crippen molar-refractivity contribution in [3.8, 4) is 0 Å². The van der Waals surface area contributed by atoms with Crippen molar-refractivity contribution in [3.05, 3.63) is 47.4 Å². The molecular weight excluding hydrogens is 402 g/mol. The van der Waals surface area contributed by atoms with Crippen LogP contribution < -0.4 is 5.32 Å². The SMILES string of the molecule is CS(=O)(=O)c1ccc([C@H](C[C@]23CCC(C2)O3)C(=O)Nc2cnccn2)cc1Cl. The standard InChI is InChI=1S/C19H20ClN3O4S/c1-28(25,26)16-3-2-12(8-15(16)20)14(10-19-5-4-13(9-19)27-19)18(24)23-17-11-21-6-7-22-17/h2-3,6-8,11,13-14H,4-5,9-10H2,1H3,(H,22,23,24)/t13?,14-,19-/m0/s1. The molecule has 1 N–H and O–H groups in total. The van der Waals surface area contributed by atoms with Gasteiger partial charge in [-0.05, 0) is 37.0 Å². The minimum atomic E-state index is -3.45. The average Bonchev–Trinajstić information content (AvgIpc) is 3.20. The number of ether oxygens (including phenoxy) is 1. The van der Waals surface area contributed by atoms with Crippen molar-refractivity contribution in [2.75, 3.05) is 11.6 Å². The lowest BCUT2D eigenvalue weighted by Gasteiger charge is -2.41. The van der Waals surface area contributed by atoms with Gasteiger partial charge in [0.15, 0.2) is 15.7 Å². The highest BCUT2D eigenvalue weighted by molar-refractivity contribution is 7.90. The molecule has 3 fully saturated rings. The second-order valence-electron chi connectivity index (χ2n) is 7.46. The van der Waals surface area contributed by atoms with Crippen LogP contribution in [0, 0.1) is 0 Å². The normalized spacial score (nSPS) is 24.4. The molecule has 9 heteroatoms. The van der Waals surface area contributed by atoms with Crippen molar-refractivity contribution < 1.29 is 17.9 Å². The van der Waals surface area contributed by atoms with E-state index in [0.717, 1.165) is 25.5 Å². The van der Waals surface area contributed by atoms with Gasteiger partial charge in [0.1, 0.15) is 0 Å². The number of fused-ring (bicyclic) bond motifs is 1. The van der Waals surface area contributed by atoms with Crippen LogP contribution in [-0.4, -0.2) is 42.3 Å². The van der Waals surface area contributed by atoms with E-state index in [1.165, 1.54) is 24.7 Å². The van der Waals surface area contributed by atoms with Gasteiger partial charge in [0.05, 0.1) is 33.7 Å². The van der Waals surface area contributed by atoms with Crippen molar-refractivity contribution in [2.24, 2.45) is 0 Å². The van der Waals surface area contributed by atoms with E-state index in [0.29, 0.717) is 23.9 Å². The van der Waals surface area contributed by atoms with Crippen LogP contribution >= 0.6 is 11.6 Å². The summed E-state index contributed by atoms with van der Waals surface area (Å²) in [6, 6.07) is 4.65. The van der Waals surface area contributed by atoms with Crippen LogP contribution in [-0.2, 0) is 19.4 Å². The van der Waals surface area contributed by atoms with Crippen LogP contribution in [0.3, 0.4) is 0 Å². The second kappa shape index (κ2) is 7.09. The van der Waals surface area contributed by atoms with E-state index in [1.54, 1.807) is 12.1 Å². The van der Waals surface area contributed by atoms with Crippen LogP contribution in [0.2, 0.25) is 5.02 Å². The van der Waals surface area contributed by atoms with Crippen LogP contribution in [0.1, 0.15) is 37.2 Å². The largest absolute Gasteiger partial charge is 0.372 e. The second-order valence-corrected chi connectivity index (χ2v) is 9.86. The molecule has 1 amide bonds. The Morgan fingerprint density at radius 1 is 1.43 bits per heavy atom. The van der Waals surface area contributed by atoms with Gasteiger partial charge in [0.2, 0.25) is 5.91 Å². The zero-order chi connectivity index (χ0) is 19.9. The average molecular weight is 422 g/mol. The summed E-state index contributed by atoms with van der Waals surface area (Å²) in [6.07, 6.45) is 9.26. The number of carbonyl (C=O) groups excluding carboxylic acids is 1. The van der Waals surface area contributed by atoms with Gasteiger partial charge < -0.3 is 10.1 Å². The number of carbonyl (C=O) groups is 1. The number of aromatic nitrogens is 2. The third-order valence-corrected chi connectivity index (χ3v) is 6.98. The molecule has 7 nitrogen and oxygen atoms in total. The molecule has 2 saturated heterocycles. The first-order chi connectivity index (χ1) is 13.3. The predicted octanol–water partition coefficient (Wildman–Crippen LogP) is 2.97. The van der Waals surface area contributed by atoms with Crippen LogP contribution in [0.4, 0.5) is 5.82 Å². The highest BCUT2D eigenvalue weighted by Crippen LogP contribution is 2.52. The third kappa shape index (κ3) is 3.76. The number of hydrogen-bond acceptors (Lipinski definition) is 6. The number of nitrogens with zero attached hydrogens (tertiary/aromatic N) is 2. The van der Waals surface area contributed by atoms with Gasteiger partial charge in [0.25, 0.3) is 0 Å². The van der Waals surface area contributed by atoms with E-state index in [4.69, 9.17) is 16.3 Å². The van der Waals surface area contributed by atoms with Gasteiger partial charge in [-0.25, -0.2) is 13.4 Å². The zero-order valence-electron chi connectivity index (χ0n) is 15.3. The molecule has 28 heavy (non-hydrogen) atoms. The lowest BCUT2D eigenvalue weighted by atomic mass is 9.82. The molecule has 1 unspecified atom stereocenters. The molecule has 5 rings (SSSR count). The number of anilines is 1. The number of amides is 1. The summed E-state index contributed by atoms with van der Waals surface area (Å²) < 4.78 is 29.7. The molecule has 2 aromatic rings. The van der Waals surface area contributed by atoms with Gasteiger partial charge in [-0.1, -0.05) is 17.7 Å². The summed E-state index contributed by atoms with van der Waals surface area (Å²) in [4.78, 5) is 21.1. The highest BCUT2D eigenvalue weighted by atomic mass is 35.5. The minimum absolute atomic E-state index is 0.0463. The smallest absolute Gasteiger partial charge is 0.233 e. The topological polar surface area (TPSA) is 98.2 Å². The number of sulfone groups is 1. The van der Waals surface area contributed by atoms with Gasteiger partial charge >= 0.3 is 0 Å². The van der Waals surface area contributed by atoms with Crippen molar-refractivity contribution in [1.82, 2.24) is 9.97 Å². The van der Waals surface area contributed by atoms with Gasteiger partial charge in [-0.3, -0.25) is 9.78 Å². The third-order valence-electron chi connectivity index (χ3n) is 5.40. The number of hydrogen-bond donors (Lipinski definition) is 1. The van der Waals surface area contributed by atoms with Crippen LogP contribution in [0.25, 0.3) is 0 Å². The summed E-state index contributed by atoms with van der Waals surface area (Å²) in [5, 5.41) is 2.89. The lowest BCUT2D eigenvalue weighted by molar-refractivity contribution is -0.160. The first-order valence-electron chi connectivity index (χ1n) is 9.00. The summed E-state index contributed by atoms with van der Waals surface area (Å²) in [6.45, 7) is 0.